The minimum Gasteiger partial charge on any atom is -0.464 e. The van der Waals surface area contributed by atoms with E-state index >= 15 is 0 Å². The summed E-state index contributed by atoms with van der Waals surface area (Å²) >= 11 is 0. The predicted octanol–water partition coefficient (Wildman–Crippen LogP) is 11.0. The Morgan fingerprint density at radius 2 is 0.917 bits per heavy atom. The van der Waals surface area contributed by atoms with E-state index in [0.29, 0.717) is 12.8 Å². The molecule has 1 aromatic carbocycles. The SMILES string of the molecule is CCCCCCCCCCCCCC(=O)OCC(C)(COC(=O)CCCCCCCCCCCCC)C(=O)Oc1ccc([N+](=O)[O-])cc1. The predicted molar refractivity (Wildman–Crippen MR) is 191 cm³/mol. The standard InChI is InChI=1S/C39H65NO8/c1-4-6-8-10-12-14-16-18-20-22-24-26-36(41)46-32-39(3,38(43)48-35-30-28-34(29-31-35)40(44)45)33-47-37(42)27-25-23-21-19-17-15-13-11-9-7-5-2/h28-31H,4-27,32-33H2,1-3H3. The molecule has 0 bridgehead atoms. The molecule has 0 radical (unpaired) electrons. The van der Waals surface area contributed by atoms with Crippen LogP contribution in [0.4, 0.5) is 5.69 Å². The highest BCUT2D eigenvalue weighted by molar-refractivity contribution is 5.80. The van der Waals surface area contributed by atoms with Crippen LogP contribution in [0, 0.1) is 15.5 Å². The quantitative estimate of drug-likeness (QED) is 0.0250. The number of hydrogen-bond donors (Lipinski definition) is 0. The Hall–Kier alpha value is -2.97. The molecule has 0 saturated heterocycles. The highest BCUT2D eigenvalue weighted by Crippen LogP contribution is 2.25. The lowest BCUT2D eigenvalue weighted by molar-refractivity contribution is -0.384. The zero-order valence-corrected chi connectivity index (χ0v) is 30.4. The minimum atomic E-state index is -1.44. The summed E-state index contributed by atoms with van der Waals surface area (Å²) in [4.78, 5) is 48.8. The number of rotatable bonds is 31. The van der Waals surface area contributed by atoms with Crippen LogP contribution in [-0.2, 0) is 23.9 Å². The normalized spacial score (nSPS) is 11.3. The van der Waals surface area contributed by atoms with E-state index in [1.54, 1.807) is 0 Å². The summed E-state index contributed by atoms with van der Waals surface area (Å²) < 4.78 is 16.5. The number of benzene rings is 1. The number of carbonyl (C=O) groups excluding carboxylic acids is 3. The second-order valence-electron chi connectivity index (χ2n) is 13.6. The molecule has 9 heteroatoms. The van der Waals surface area contributed by atoms with E-state index in [1.807, 2.05) is 0 Å². The zero-order valence-electron chi connectivity index (χ0n) is 30.4. The first-order valence-corrected chi connectivity index (χ1v) is 19.0. The molecule has 0 saturated carbocycles. The smallest absolute Gasteiger partial charge is 0.324 e. The Morgan fingerprint density at radius 1 is 0.583 bits per heavy atom. The average Bonchev–Trinajstić information content (AvgIpc) is 3.08. The van der Waals surface area contributed by atoms with E-state index in [9.17, 15) is 24.5 Å². The second kappa shape index (κ2) is 27.9. The molecule has 0 aliphatic rings. The van der Waals surface area contributed by atoms with Crippen LogP contribution >= 0.6 is 0 Å². The van der Waals surface area contributed by atoms with E-state index in [4.69, 9.17) is 14.2 Å². The Labute approximate surface area is 290 Å². The first kappa shape index (κ1) is 43.1. The maximum atomic E-state index is 13.3. The van der Waals surface area contributed by atoms with E-state index < -0.39 is 28.2 Å². The van der Waals surface area contributed by atoms with Crippen LogP contribution in [0.15, 0.2) is 24.3 Å². The summed E-state index contributed by atoms with van der Waals surface area (Å²) in [5, 5.41) is 11.0. The molecule has 0 spiro atoms. The van der Waals surface area contributed by atoms with Gasteiger partial charge in [0, 0.05) is 25.0 Å². The van der Waals surface area contributed by atoms with E-state index in [1.165, 1.54) is 134 Å². The third-order valence-electron chi connectivity index (χ3n) is 8.82. The number of non-ortho nitro benzene ring substituents is 1. The number of nitro benzene ring substituents is 1. The van der Waals surface area contributed by atoms with Crippen LogP contribution < -0.4 is 4.74 Å². The van der Waals surface area contributed by atoms with E-state index in [2.05, 4.69) is 13.8 Å². The summed E-state index contributed by atoms with van der Waals surface area (Å²) in [5.74, 6) is -1.46. The van der Waals surface area contributed by atoms with Gasteiger partial charge in [-0.05, 0) is 31.9 Å². The van der Waals surface area contributed by atoms with Gasteiger partial charge >= 0.3 is 17.9 Å². The first-order valence-electron chi connectivity index (χ1n) is 19.0. The fourth-order valence-electron chi connectivity index (χ4n) is 5.52. The van der Waals surface area contributed by atoms with Crippen LogP contribution in [0.3, 0.4) is 0 Å². The van der Waals surface area contributed by atoms with Crippen molar-refractivity contribution in [3.8, 4) is 5.75 Å². The number of hydrogen-bond acceptors (Lipinski definition) is 8. The largest absolute Gasteiger partial charge is 0.464 e. The van der Waals surface area contributed by atoms with Crippen molar-refractivity contribution in [3.05, 3.63) is 34.4 Å². The Morgan fingerprint density at radius 3 is 1.25 bits per heavy atom. The van der Waals surface area contributed by atoms with Gasteiger partial charge in [-0.25, -0.2) is 0 Å². The van der Waals surface area contributed by atoms with Crippen molar-refractivity contribution in [3.63, 3.8) is 0 Å². The van der Waals surface area contributed by atoms with Gasteiger partial charge in [0.15, 0.2) is 0 Å². The van der Waals surface area contributed by atoms with Gasteiger partial charge < -0.3 is 14.2 Å². The van der Waals surface area contributed by atoms with Crippen molar-refractivity contribution in [1.29, 1.82) is 0 Å². The first-order chi connectivity index (χ1) is 23.2. The fourth-order valence-corrected chi connectivity index (χ4v) is 5.52. The van der Waals surface area contributed by atoms with Crippen molar-refractivity contribution in [2.45, 2.75) is 175 Å². The van der Waals surface area contributed by atoms with Crippen LogP contribution in [0.25, 0.3) is 0 Å². The van der Waals surface area contributed by atoms with Gasteiger partial charge in [0.1, 0.15) is 24.4 Å². The molecule has 0 atom stereocenters. The van der Waals surface area contributed by atoms with Gasteiger partial charge in [0.25, 0.3) is 5.69 Å². The molecular formula is C39H65NO8. The molecule has 0 N–H and O–H groups in total. The molecule has 0 fully saturated rings. The van der Waals surface area contributed by atoms with Crippen LogP contribution in [0.2, 0.25) is 0 Å². The van der Waals surface area contributed by atoms with Crippen LogP contribution in [-0.4, -0.2) is 36.0 Å². The van der Waals surface area contributed by atoms with E-state index in [0.717, 1.165) is 25.7 Å². The number of ether oxygens (including phenoxy) is 3. The highest BCUT2D eigenvalue weighted by Gasteiger charge is 2.39. The van der Waals surface area contributed by atoms with Gasteiger partial charge in [-0.3, -0.25) is 24.5 Å². The molecule has 0 aliphatic carbocycles. The van der Waals surface area contributed by atoms with Crippen molar-refractivity contribution in [1.82, 2.24) is 0 Å². The third-order valence-corrected chi connectivity index (χ3v) is 8.82. The lowest BCUT2D eigenvalue weighted by Crippen LogP contribution is -2.41. The molecule has 0 heterocycles. The fraction of sp³-hybridized carbons (Fsp3) is 0.769. The number of nitro groups is 1. The molecule has 0 amide bonds. The van der Waals surface area contributed by atoms with Gasteiger partial charge in [-0.15, -0.1) is 0 Å². The summed E-state index contributed by atoms with van der Waals surface area (Å²) in [5.41, 5.74) is -1.58. The maximum Gasteiger partial charge on any atom is 0.324 e. The Bertz CT molecular complexity index is 968. The molecular weight excluding hydrogens is 610 g/mol. The second-order valence-corrected chi connectivity index (χ2v) is 13.6. The zero-order chi connectivity index (χ0) is 35.3. The van der Waals surface area contributed by atoms with E-state index in [-0.39, 0.29) is 37.5 Å². The van der Waals surface area contributed by atoms with Gasteiger partial charge in [-0.2, -0.15) is 0 Å². The molecule has 48 heavy (non-hydrogen) atoms. The lowest BCUT2D eigenvalue weighted by atomic mass is 9.93. The molecule has 274 valence electrons. The van der Waals surface area contributed by atoms with Crippen molar-refractivity contribution in [2.24, 2.45) is 5.41 Å². The number of unbranched alkanes of at least 4 members (excludes halogenated alkanes) is 20. The van der Waals surface area contributed by atoms with Gasteiger partial charge in [0.2, 0.25) is 0 Å². The maximum absolute atomic E-state index is 13.3. The average molecular weight is 676 g/mol. The van der Waals surface area contributed by atoms with Crippen molar-refractivity contribution in [2.75, 3.05) is 13.2 Å². The van der Waals surface area contributed by atoms with Gasteiger partial charge in [0.05, 0.1) is 4.92 Å². The van der Waals surface area contributed by atoms with Crippen LogP contribution in [0.5, 0.6) is 5.75 Å². The molecule has 0 aromatic heterocycles. The Balaban J connectivity index is 2.48. The monoisotopic (exact) mass is 675 g/mol. The van der Waals surface area contributed by atoms with Gasteiger partial charge in [-0.1, -0.05) is 142 Å². The topological polar surface area (TPSA) is 122 Å². The summed E-state index contributed by atoms with van der Waals surface area (Å²) in [6.45, 7) is 5.38. The molecule has 0 aliphatic heterocycles. The number of esters is 3. The van der Waals surface area contributed by atoms with Crippen molar-refractivity contribution < 1.29 is 33.5 Å². The lowest BCUT2D eigenvalue weighted by Gasteiger charge is -2.26. The summed E-state index contributed by atoms with van der Waals surface area (Å²) in [6, 6.07) is 5.13. The minimum absolute atomic E-state index is 0.108. The Kier molecular flexibility index (Phi) is 25.0. The number of nitrogens with zero attached hydrogens (tertiary/aromatic N) is 1. The molecule has 0 unspecified atom stereocenters. The highest BCUT2D eigenvalue weighted by atomic mass is 16.6. The third kappa shape index (κ3) is 21.8. The molecule has 1 rings (SSSR count). The van der Waals surface area contributed by atoms with Crippen molar-refractivity contribution >= 4 is 23.6 Å². The number of carbonyl (C=O) groups is 3. The molecule has 1 aromatic rings. The molecule has 9 nitrogen and oxygen atoms in total. The summed E-state index contributed by atoms with van der Waals surface area (Å²) in [7, 11) is 0. The van der Waals surface area contributed by atoms with Crippen LogP contribution in [0.1, 0.15) is 175 Å². The summed E-state index contributed by atoms with van der Waals surface area (Å²) in [6.07, 6.45) is 26.4.